The molecule has 15 heavy (non-hydrogen) atoms. The Labute approximate surface area is 97.8 Å². The molecular formula is C8H16BrF2NO2S. The average Bonchev–Trinajstić information content (AvgIpc) is 2.01. The highest BCUT2D eigenvalue weighted by atomic mass is 79.9. The van der Waals surface area contributed by atoms with Gasteiger partial charge in [-0.15, -0.1) is 0 Å². The van der Waals surface area contributed by atoms with E-state index >= 15 is 0 Å². The summed E-state index contributed by atoms with van der Waals surface area (Å²) in [4.78, 5) is 0. The molecule has 0 saturated carbocycles. The van der Waals surface area contributed by atoms with Gasteiger partial charge in [-0.25, -0.2) is 13.1 Å². The number of hydrogen-bond donors (Lipinski definition) is 1. The van der Waals surface area contributed by atoms with Crippen molar-refractivity contribution < 1.29 is 17.2 Å². The molecule has 0 aromatic rings. The highest BCUT2D eigenvalue weighted by molar-refractivity contribution is 9.09. The standard InChI is InChI=1S/C8H16BrF2NO2S/c1-8(2,3)6(4-5-9)12-15(13,14)7(10)11/h6-7,12H,4-5H2,1-3H3. The number of rotatable bonds is 5. The first-order chi connectivity index (χ1) is 6.61. The second kappa shape index (κ2) is 5.54. The Balaban J connectivity index is 4.71. The maximum Gasteiger partial charge on any atom is 0.350 e. The van der Waals surface area contributed by atoms with E-state index in [1.807, 2.05) is 4.72 Å². The largest absolute Gasteiger partial charge is 0.350 e. The van der Waals surface area contributed by atoms with Crippen LogP contribution in [0, 0.1) is 5.41 Å². The zero-order chi connectivity index (χ0) is 12.3. The minimum atomic E-state index is -4.51. The zero-order valence-corrected chi connectivity index (χ0v) is 11.3. The second-order valence-corrected chi connectivity index (χ2v) is 6.79. The number of halogens is 3. The molecule has 0 heterocycles. The van der Waals surface area contributed by atoms with Crippen molar-refractivity contribution in [1.82, 2.24) is 4.72 Å². The summed E-state index contributed by atoms with van der Waals surface area (Å²) in [6.45, 7) is 5.40. The number of alkyl halides is 3. The molecule has 1 unspecified atom stereocenters. The maximum absolute atomic E-state index is 12.1. The van der Waals surface area contributed by atoms with Gasteiger partial charge in [0.05, 0.1) is 0 Å². The monoisotopic (exact) mass is 307 g/mol. The Morgan fingerprint density at radius 2 is 1.80 bits per heavy atom. The lowest BCUT2D eigenvalue weighted by Gasteiger charge is -2.30. The predicted octanol–water partition coefficient (Wildman–Crippen LogP) is 2.33. The van der Waals surface area contributed by atoms with Crippen molar-refractivity contribution >= 4 is 26.0 Å². The van der Waals surface area contributed by atoms with Crippen LogP contribution in [-0.2, 0) is 10.0 Å². The number of sulfonamides is 1. The van der Waals surface area contributed by atoms with Gasteiger partial charge in [0.1, 0.15) is 0 Å². The lowest BCUT2D eigenvalue weighted by Crippen LogP contribution is -2.45. The summed E-state index contributed by atoms with van der Waals surface area (Å²) in [5, 5.41) is 0.556. The van der Waals surface area contributed by atoms with E-state index in [1.165, 1.54) is 0 Å². The summed E-state index contributed by atoms with van der Waals surface area (Å²) in [5.41, 5.74) is -0.393. The van der Waals surface area contributed by atoms with Crippen molar-refractivity contribution in [2.45, 2.75) is 39.0 Å². The molecule has 0 aliphatic rings. The molecule has 0 saturated heterocycles. The Kier molecular flexibility index (Phi) is 5.63. The van der Waals surface area contributed by atoms with Gasteiger partial charge in [-0.2, -0.15) is 8.78 Å². The fraction of sp³-hybridized carbons (Fsp3) is 1.00. The van der Waals surface area contributed by atoms with E-state index in [2.05, 4.69) is 15.9 Å². The van der Waals surface area contributed by atoms with Crippen LogP contribution in [-0.4, -0.2) is 25.5 Å². The van der Waals surface area contributed by atoms with Crippen LogP contribution in [0.15, 0.2) is 0 Å². The van der Waals surface area contributed by atoms with Gasteiger partial charge >= 0.3 is 5.76 Å². The lowest BCUT2D eigenvalue weighted by molar-refractivity contribution is 0.224. The van der Waals surface area contributed by atoms with Crippen molar-refractivity contribution in [3.8, 4) is 0 Å². The fourth-order valence-electron chi connectivity index (χ4n) is 1.03. The topological polar surface area (TPSA) is 46.2 Å². The van der Waals surface area contributed by atoms with Gasteiger partial charge < -0.3 is 0 Å². The van der Waals surface area contributed by atoms with E-state index in [0.29, 0.717) is 11.8 Å². The lowest BCUT2D eigenvalue weighted by atomic mass is 9.86. The Hall–Kier alpha value is 0.250. The summed E-state index contributed by atoms with van der Waals surface area (Å²) in [5.74, 6) is -3.38. The van der Waals surface area contributed by atoms with Crippen molar-refractivity contribution in [1.29, 1.82) is 0 Å². The van der Waals surface area contributed by atoms with Crippen LogP contribution in [0.1, 0.15) is 27.2 Å². The predicted molar refractivity (Wildman–Crippen MR) is 59.7 cm³/mol. The SMILES string of the molecule is CC(C)(C)C(CCBr)NS(=O)(=O)C(F)F. The zero-order valence-electron chi connectivity index (χ0n) is 8.93. The van der Waals surface area contributed by atoms with E-state index in [4.69, 9.17) is 0 Å². The van der Waals surface area contributed by atoms with E-state index in [-0.39, 0.29) is 0 Å². The molecular weight excluding hydrogens is 292 g/mol. The smallest absolute Gasteiger partial charge is 0.207 e. The molecule has 0 aromatic heterocycles. The third-order valence-corrected chi connectivity index (χ3v) is 3.52. The molecule has 0 aliphatic heterocycles. The van der Waals surface area contributed by atoms with Crippen LogP contribution in [0.25, 0.3) is 0 Å². The molecule has 0 radical (unpaired) electrons. The van der Waals surface area contributed by atoms with Gasteiger partial charge in [0.2, 0.25) is 0 Å². The molecule has 1 atom stereocenters. The molecule has 0 spiro atoms. The first-order valence-electron chi connectivity index (χ1n) is 4.46. The third-order valence-electron chi connectivity index (χ3n) is 1.98. The fourth-order valence-corrected chi connectivity index (χ4v) is 2.46. The molecule has 0 amide bonds. The van der Waals surface area contributed by atoms with E-state index in [9.17, 15) is 17.2 Å². The molecule has 0 fully saturated rings. The summed E-state index contributed by atoms with van der Waals surface area (Å²) < 4.78 is 48.3. The Bertz CT molecular complexity index is 288. The maximum atomic E-state index is 12.1. The molecule has 3 nitrogen and oxygen atoms in total. The highest BCUT2D eigenvalue weighted by Gasteiger charge is 2.32. The van der Waals surface area contributed by atoms with E-state index in [0.717, 1.165) is 0 Å². The first kappa shape index (κ1) is 15.2. The first-order valence-corrected chi connectivity index (χ1v) is 7.13. The van der Waals surface area contributed by atoms with Crippen LogP contribution in [0.2, 0.25) is 0 Å². The van der Waals surface area contributed by atoms with Gasteiger partial charge in [0, 0.05) is 11.4 Å². The molecule has 0 aromatic carbocycles. The van der Waals surface area contributed by atoms with Gasteiger partial charge in [-0.05, 0) is 11.8 Å². The van der Waals surface area contributed by atoms with Crippen LogP contribution in [0.5, 0.6) is 0 Å². The molecule has 0 aliphatic carbocycles. The second-order valence-electron chi connectivity index (χ2n) is 4.32. The summed E-state index contributed by atoms with van der Waals surface area (Å²) >= 11 is 3.16. The molecule has 0 bridgehead atoms. The average molecular weight is 308 g/mol. The van der Waals surface area contributed by atoms with E-state index < -0.39 is 27.2 Å². The number of nitrogens with one attached hydrogen (secondary N) is 1. The molecule has 1 N–H and O–H groups in total. The quantitative estimate of drug-likeness (QED) is 0.792. The normalized spacial score (nSPS) is 15.7. The summed E-state index contributed by atoms with van der Waals surface area (Å²) in [6.07, 6.45) is 0.468. The van der Waals surface area contributed by atoms with Crippen LogP contribution >= 0.6 is 15.9 Å². The van der Waals surface area contributed by atoms with Gasteiger partial charge in [0.25, 0.3) is 10.0 Å². The molecule has 7 heteroatoms. The van der Waals surface area contributed by atoms with E-state index in [1.54, 1.807) is 20.8 Å². The minimum absolute atomic E-state index is 0.393. The van der Waals surface area contributed by atoms with Crippen molar-refractivity contribution in [2.75, 3.05) is 5.33 Å². The van der Waals surface area contributed by atoms with Crippen LogP contribution in [0.3, 0.4) is 0 Å². The Morgan fingerprint density at radius 3 is 2.07 bits per heavy atom. The van der Waals surface area contributed by atoms with Crippen LogP contribution in [0.4, 0.5) is 8.78 Å². The summed E-state index contributed by atoms with van der Waals surface area (Å²) in [7, 11) is -4.51. The van der Waals surface area contributed by atoms with Gasteiger partial charge in [-0.3, -0.25) is 0 Å². The van der Waals surface area contributed by atoms with Gasteiger partial charge in [-0.1, -0.05) is 36.7 Å². The minimum Gasteiger partial charge on any atom is -0.207 e. The van der Waals surface area contributed by atoms with Crippen LogP contribution < -0.4 is 4.72 Å². The van der Waals surface area contributed by atoms with Crippen molar-refractivity contribution in [3.63, 3.8) is 0 Å². The third kappa shape index (κ3) is 5.21. The van der Waals surface area contributed by atoms with Gasteiger partial charge in [0.15, 0.2) is 0 Å². The number of hydrogen-bond acceptors (Lipinski definition) is 2. The van der Waals surface area contributed by atoms with Crippen molar-refractivity contribution in [3.05, 3.63) is 0 Å². The summed E-state index contributed by atoms with van der Waals surface area (Å²) in [6, 6.07) is -0.504. The van der Waals surface area contributed by atoms with Crippen molar-refractivity contribution in [2.24, 2.45) is 5.41 Å². The molecule has 0 rings (SSSR count). The molecule has 92 valence electrons. The Morgan fingerprint density at radius 1 is 1.33 bits per heavy atom. The highest BCUT2D eigenvalue weighted by Crippen LogP contribution is 2.24.